The molecule has 5 N–H and O–H groups in total. The van der Waals surface area contributed by atoms with Crippen LogP contribution in [-0.4, -0.2) is 47.6 Å². The molecule has 1 aliphatic heterocycles. The summed E-state index contributed by atoms with van der Waals surface area (Å²) in [6.07, 6.45) is 2.86. The predicted octanol–water partition coefficient (Wildman–Crippen LogP) is 3.25. The van der Waals surface area contributed by atoms with Crippen LogP contribution in [0.3, 0.4) is 0 Å². The molecule has 9 nitrogen and oxygen atoms in total. The van der Waals surface area contributed by atoms with Gasteiger partial charge in [0.05, 0.1) is 13.1 Å². The van der Waals surface area contributed by atoms with Crippen molar-refractivity contribution in [1.82, 2.24) is 15.5 Å². The van der Waals surface area contributed by atoms with Crippen molar-refractivity contribution in [2.24, 2.45) is 11.1 Å². The molecule has 1 saturated carbocycles. The normalized spacial score (nSPS) is 17.2. The Morgan fingerprint density at radius 2 is 1.74 bits per heavy atom. The van der Waals surface area contributed by atoms with Gasteiger partial charge in [-0.15, -0.1) is 11.3 Å². The van der Waals surface area contributed by atoms with Crippen LogP contribution in [0.25, 0.3) is 0 Å². The Bertz CT molecular complexity index is 1350. The fourth-order valence-corrected chi connectivity index (χ4v) is 5.82. The van der Waals surface area contributed by atoms with Gasteiger partial charge in [-0.3, -0.25) is 19.8 Å². The molecule has 2 heterocycles. The fourth-order valence-electron chi connectivity index (χ4n) is 4.99. The topological polar surface area (TPSA) is 138 Å². The lowest BCUT2D eigenvalue weighted by Gasteiger charge is -2.61. The number of nitrogens with two attached hydrogens (primary N) is 1. The fraction of sp³-hybridized carbons (Fsp3) is 0.286. The predicted molar refractivity (Wildman–Crippen MR) is 144 cm³/mol. The number of nitrogen functional groups attached to an aromatic ring is 1. The van der Waals surface area contributed by atoms with Gasteiger partial charge < -0.3 is 26.0 Å². The van der Waals surface area contributed by atoms with Crippen molar-refractivity contribution in [3.8, 4) is 11.5 Å². The number of rotatable bonds is 9. The number of carbonyl (C=O) groups is 3. The Morgan fingerprint density at radius 1 is 1.03 bits per heavy atom. The number of likely N-dealkylation sites (tertiary alicyclic amines) is 1. The minimum Gasteiger partial charge on any atom is -0.457 e. The van der Waals surface area contributed by atoms with Crippen LogP contribution in [0.4, 0.5) is 0 Å². The van der Waals surface area contributed by atoms with E-state index >= 15 is 0 Å². The molecule has 1 saturated heterocycles. The average molecular weight is 532 g/mol. The Hall–Kier alpha value is -4.18. The molecule has 3 amide bonds. The number of amidine groups is 1. The van der Waals surface area contributed by atoms with E-state index in [4.69, 9.17) is 15.9 Å². The first kappa shape index (κ1) is 25.5. The maximum absolute atomic E-state index is 13.1. The number of hydrogen-bond donors (Lipinski definition) is 4. The number of hydrogen-bond acceptors (Lipinski definition) is 6. The van der Waals surface area contributed by atoms with Crippen molar-refractivity contribution in [1.29, 1.82) is 5.41 Å². The van der Waals surface area contributed by atoms with Gasteiger partial charge in [0, 0.05) is 33.3 Å². The van der Waals surface area contributed by atoms with E-state index < -0.39 is 6.04 Å². The first-order valence-electron chi connectivity index (χ1n) is 12.4. The third-order valence-electron chi connectivity index (χ3n) is 7.19. The second-order valence-electron chi connectivity index (χ2n) is 9.70. The second kappa shape index (κ2) is 10.7. The minimum atomic E-state index is -0.540. The van der Waals surface area contributed by atoms with Crippen LogP contribution in [-0.2, 0) is 16.1 Å². The zero-order valence-corrected chi connectivity index (χ0v) is 21.6. The summed E-state index contributed by atoms with van der Waals surface area (Å²) in [5.74, 6) is 0.440. The van der Waals surface area contributed by atoms with E-state index in [9.17, 15) is 14.4 Å². The summed E-state index contributed by atoms with van der Waals surface area (Å²) < 4.78 is 5.75. The van der Waals surface area contributed by atoms with Gasteiger partial charge in [-0.05, 0) is 55.3 Å². The van der Waals surface area contributed by atoms with E-state index in [0.29, 0.717) is 35.7 Å². The lowest BCUT2D eigenvalue weighted by molar-refractivity contribution is -0.175. The molecule has 196 valence electrons. The smallest absolute Gasteiger partial charge is 0.251 e. The Morgan fingerprint density at radius 3 is 2.37 bits per heavy atom. The lowest BCUT2D eigenvalue weighted by Crippen LogP contribution is -2.74. The SMILES string of the molecule is N=C(N)c1csc(CNC(=O)C2N(C(=O)CNC(=O)c3ccc(Oc4ccccc4)cc3)CC23CCC3)c1. The second-order valence-corrected chi connectivity index (χ2v) is 10.7. The van der Waals surface area contributed by atoms with Crippen LogP contribution in [0.5, 0.6) is 11.5 Å². The molecule has 2 aliphatic rings. The van der Waals surface area contributed by atoms with Gasteiger partial charge in [0.25, 0.3) is 5.91 Å². The molecule has 1 spiro atoms. The van der Waals surface area contributed by atoms with Crippen molar-refractivity contribution in [2.75, 3.05) is 13.1 Å². The highest BCUT2D eigenvalue weighted by atomic mass is 32.1. The van der Waals surface area contributed by atoms with E-state index in [1.165, 1.54) is 11.3 Å². The van der Waals surface area contributed by atoms with Gasteiger partial charge in [-0.25, -0.2) is 0 Å². The summed E-state index contributed by atoms with van der Waals surface area (Å²) in [7, 11) is 0. The van der Waals surface area contributed by atoms with E-state index in [-0.39, 0.29) is 35.5 Å². The average Bonchev–Trinajstić information content (AvgIpc) is 3.35. The van der Waals surface area contributed by atoms with Crippen LogP contribution in [0.15, 0.2) is 66.0 Å². The van der Waals surface area contributed by atoms with Gasteiger partial charge in [-0.1, -0.05) is 24.6 Å². The quantitative estimate of drug-likeness (QED) is 0.248. The molecule has 1 atom stereocenters. The van der Waals surface area contributed by atoms with Gasteiger partial charge in [0.1, 0.15) is 23.4 Å². The minimum absolute atomic E-state index is 0.0125. The molecule has 10 heteroatoms. The third kappa shape index (κ3) is 5.26. The number of para-hydroxylation sites is 1. The van der Waals surface area contributed by atoms with E-state index in [0.717, 1.165) is 24.1 Å². The first-order chi connectivity index (χ1) is 18.3. The van der Waals surface area contributed by atoms with Crippen molar-refractivity contribution in [2.45, 2.75) is 31.8 Å². The largest absolute Gasteiger partial charge is 0.457 e. The number of amides is 3. The molecule has 0 radical (unpaired) electrons. The number of thiophene rings is 1. The molecule has 0 bridgehead atoms. The first-order valence-corrected chi connectivity index (χ1v) is 13.3. The number of nitrogens with one attached hydrogen (secondary N) is 3. The molecule has 1 aliphatic carbocycles. The van der Waals surface area contributed by atoms with Gasteiger partial charge in [-0.2, -0.15) is 0 Å². The number of nitrogens with zero attached hydrogens (tertiary/aromatic N) is 1. The van der Waals surface area contributed by atoms with Crippen LogP contribution < -0.4 is 21.1 Å². The highest BCUT2D eigenvalue weighted by Crippen LogP contribution is 2.53. The summed E-state index contributed by atoms with van der Waals surface area (Å²) in [6, 6.07) is 17.3. The van der Waals surface area contributed by atoms with Crippen LogP contribution >= 0.6 is 11.3 Å². The Labute approximate surface area is 224 Å². The van der Waals surface area contributed by atoms with Crippen molar-refractivity contribution in [3.05, 3.63) is 82.0 Å². The van der Waals surface area contributed by atoms with E-state index in [1.54, 1.807) is 40.6 Å². The number of carbonyl (C=O) groups excluding carboxylic acids is 3. The molecule has 5 rings (SSSR count). The van der Waals surface area contributed by atoms with Gasteiger partial charge in [0.2, 0.25) is 11.8 Å². The van der Waals surface area contributed by atoms with Crippen molar-refractivity contribution >= 4 is 34.9 Å². The molecule has 1 unspecified atom stereocenters. The van der Waals surface area contributed by atoms with Gasteiger partial charge >= 0.3 is 0 Å². The molecule has 3 aromatic rings. The summed E-state index contributed by atoms with van der Waals surface area (Å²) in [6.45, 7) is 0.652. The standard InChI is InChI=1S/C28H29N5O4S/c29-25(30)19-13-22(38-16-19)14-31-27(36)24-28(11-4-12-28)17-33(24)23(34)15-32-26(35)18-7-9-21(10-8-18)37-20-5-2-1-3-6-20/h1-3,5-10,13,16,24H,4,11-12,14-15,17H2,(H3,29,30)(H,31,36)(H,32,35). The highest BCUT2D eigenvalue weighted by Gasteiger charge is 2.60. The maximum atomic E-state index is 13.1. The maximum Gasteiger partial charge on any atom is 0.251 e. The van der Waals surface area contributed by atoms with Gasteiger partial charge in [0.15, 0.2) is 0 Å². The molecule has 1 aromatic heterocycles. The molecular weight excluding hydrogens is 502 g/mol. The van der Waals surface area contributed by atoms with Crippen LogP contribution in [0.2, 0.25) is 0 Å². The summed E-state index contributed by atoms with van der Waals surface area (Å²) >= 11 is 1.42. The third-order valence-corrected chi connectivity index (χ3v) is 8.13. The number of ether oxygens (including phenoxy) is 1. The molecule has 2 fully saturated rings. The summed E-state index contributed by atoms with van der Waals surface area (Å²) in [5, 5.41) is 14.9. The molecule has 2 aromatic carbocycles. The zero-order chi connectivity index (χ0) is 26.7. The van der Waals surface area contributed by atoms with Crippen molar-refractivity contribution in [3.63, 3.8) is 0 Å². The zero-order valence-electron chi connectivity index (χ0n) is 20.7. The molecule has 38 heavy (non-hydrogen) atoms. The van der Waals surface area contributed by atoms with Crippen LogP contribution in [0.1, 0.15) is 40.1 Å². The summed E-state index contributed by atoms with van der Waals surface area (Å²) in [5.41, 5.74) is 6.39. The van der Waals surface area contributed by atoms with Crippen LogP contribution in [0, 0.1) is 10.8 Å². The van der Waals surface area contributed by atoms with E-state index in [1.807, 2.05) is 30.3 Å². The Kier molecular flexibility index (Phi) is 7.15. The highest BCUT2D eigenvalue weighted by molar-refractivity contribution is 7.10. The monoisotopic (exact) mass is 531 g/mol. The number of benzene rings is 2. The summed E-state index contributed by atoms with van der Waals surface area (Å²) in [4.78, 5) is 41.2. The van der Waals surface area contributed by atoms with Crippen molar-refractivity contribution < 1.29 is 19.1 Å². The molecular formula is C28H29N5O4S. The van der Waals surface area contributed by atoms with E-state index in [2.05, 4.69) is 10.6 Å². The Balaban J connectivity index is 1.14. The lowest BCUT2D eigenvalue weighted by atomic mass is 9.57.